The van der Waals surface area contributed by atoms with Gasteiger partial charge in [0.1, 0.15) is 0 Å². The van der Waals surface area contributed by atoms with Crippen LogP contribution in [0.5, 0.6) is 0 Å². The van der Waals surface area contributed by atoms with Gasteiger partial charge in [0.05, 0.1) is 0 Å². The van der Waals surface area contributed by atoms with E-state index in [-0.39, 0.29) is 11.2 Å². The minimum Gasteiger partial charge on any atom is -0.385 e. The molecule has 8 heteroatoms. The van der Waals surface area contributed by atoms with Crippen molar-refractivity contribution in [1.29, 1.82) is 0 Å². The van der Waals surface area contributed by atoms with E-state index in [9.17, 15) is 9.59 Å². The van der Waals surface area contributed by atoms with Gasteiger partial charge in [-0.1, -0.05) is 0 Å². The highest BCUT2D eigenvalue weighted by molar-refractivity contribution is 5.74. The lowest BCUT2D eigenvalue weighted by Crippen LogP contribution is -2.37. The van der Waals surface area contributed by atoms with Gasteiger partial charge >= 0.3 is 5.69 Å². The van der Waals surface area contributed by atoms with Crippen LogP contribution in [-0.2, 0) is 25.4 Å². The molecular weight excluding hydrogens is 298 g/mol. The monoisotopic (exact) mass is 321 g/mol. The number of ether oxygens (including phenoxy) is 1. The Morgan fingerprint density at radius 3 is 2.61 bits per heavy atom. The van der Waals surface area contributed by atoms with E-state index in [0.29, 0.717) is 17.8 Å². The van der Waals surface area contributed by atoms with Crippen molar-refractivity contribution in [2.24, 2.45) is 14.1 Å². The minimum absolute atomic E-state index is 0.277. The van der Waals surface area contributed by atoms with Gasteiger partial charge in [0.2, 0.25) is 5.95 Å². The Hall–Kier alpha value is -2.09. The lowest BCUT2D eigenvalue weighted by Gasteiger charge is -2.21. The maximum Gasteiger partial charge on any atom is 0.332 e. The van der Waals surface area contributed by atoms with Gasteiger partial charge in [0.15, 0.2) is 11.2 Å². The number of methoxy groups -OCH3 is 1. The number of nitrogens with zero attached hydrogens (tertiary/aromatic N) is 5. The molecule has 3 heterocycles. The van der Waals surface area contributed by atoms with Crippen molar-refractivity contribution in [3.05, 3.63) is 20.8 Å². The number of hydrogen-bond donors (Lipinski definition) is 0. The Morgan fingerprint density at radius 1 is 1.13 bits per heavy atom. The van der Waals surface area contributed by atoms with Crippen LogP contribution in [0.25, 0.3) is 11.2 Å². The fourth-order valence-electron chi connectivity index (χ4n) is 3.17. The Morgan fingerprint density at radius 2 is 1.87 bits per heavy atom. The molecule has 0 amide bonds. The Balaban J connectivity index is 2.17. The lowest BCUT2D eigenvalue weighted by atomic mass is 10.3. The third-order valence-corrected chi connectivity index (χ3v) is 4.45. The zero-order chi connectivity index (χ0) is 16.6. The number of aromatic nitrogens is 4. The molecule has 2 aromatic rings. The number of rotatable bonds is 4. The third-order valence-electron chi connectivity index (χ3n) is 4.45. The Bertz CT molecular complexity index is 832. The summed E-state index contributed by atoms with van der Waals surface area (Å²) in [4.78, 5) is 31.5. The van der Waals surface area contributed by atoms with Crippen molar-refractivity contribution in [2.75, 3.05) is 31.7 Å². The average molecular weight is 321 g/mol. The summed E-state index contributed by atoms with van der Waals surface area (Å²) in [6.45, 7) is 3.17. The van der Waals surface area contributed by atoms with E-state index in [2.05, 4.69) is 9.88 Å². The van der Waals surface area contributed by atoms with Crippen molar-refractivity contribution in [3.8, 4) is 0 Å². The van der Waals surface area contributed by atoms with Gasteiger partial charge in [-0.05, 0) is 19.3 Å². The first kappa shape index (κ1) is 15.8. The summed E-state index contributed by atoms with van der Waals surface area (Å²) in [5.41, 5.74) is 0.359. The molecule has 0 saturated carbocycles. The molecular formula is C15H23N5O3. The summed E-state index contributed by atoms with van der Waals surface area (Å²) in [5, 5.41) is 0. The molecule has 1 aliphatic heterocycles. The van der Waals surface area contributed by atoms with Crippen LogP contribution in [0.15, 0.2) is 9.59 Å². The Labute approximate surface area is 133 Å². The van der Waals surface area contributed by atoms with Crippen molar-refractivity contribution >= 4 is 17.1 Å². The first-order chi connectivity index (χ1) is 11.1. The zero-order valence-corrected chi connectivity index (χ0v) is 13.9. The molecule has 0 fully saturated rings. The van der Waals surface area contributed by atoms with Gasteiger partial charge in [0.25, 0.3) is 5.56 Å². The topological polar surface area (TPSA) is 74.3 Å². The molecule has 0 saturated heterocycles. The van der Waals surface area contributed by atoms with Crippen LogP contribution in [0.4, 0.5) is 5.95 Å². The van der Waals surface area contributed by atoms with Crippen molar-refractivity contribution in [2.45, 2.75) is 25.8 Å². The van der Waals surface area contributed by atoms with E-state index < -0.39 is 0 Å². The summed E-state index contributed by atoms with van der Waals surface area (Å²) in [7, 11) is 4.86. The molecule has 0 aliphatic carbocycles. The molecule has 126 valence electrons. The highest BCUT2D eigenvalue weighted by Crippen LogP contribution is 2.23. The van der Waals surface area contributed by atoms with Crippen LogP contribution in [0.2, 0.25) is 0 Å². The van der Waals surface area contributed by atoms with Gasteiger partial charge in [-0.15, -0.1) is 0 Å². The lowest BCUT2D eigenvalue weighted by molar-refractivity contribution is 0.196. The molecule has 8 nitrogen and oxygen atoms in total. The zero-order valence-electron chi connectivity index (χ0n) is 13.9. The molecule has 1 aliphatic rings. The smallest absolute Gasteiger partial charge is 0.332 e. The second-order valence-corrected chi connectivity index (χ2v) is 5.98. The van der Waals surface area contributed by atoms with Crippen molar-refractivity contribution in [3.63, 3.8) is 0 Å². The number of aryl methyl sites for hydroxylation is 2. The molecule has 0 bridgehead atoms. The Kier molecular flexibility index (Phi) is 4.25. The molecule has 2 aromatic heterocycles. The summed E-state index contributed by atoms with van der Waals surface area (Å²) in [5.74, 6) is 0.784. The number of anilines is 1. The van der Waals surface area contributed by atoms with Gasteiger partial charge in [-0.2, -0.15) is 4.98 Å². The molecule has 3 rings (SSSR count). The molecule has 0 spiro atoms. The molecule has 0 N–H and O–H groups in total. The van der Waals surface area contributed by atoms with E-state index in [1.807, 2.05) is 4.57 Å². The summed E-state index contributed by atoms with van der Waals surface area (Å²) in [6.07, 6.45) is 2.95. The predicted octanol–water partition coefficient (Wildman–Crippen LogP) is 0.0704. The van der Waals surface area contributed by atoms with Crippen LogP contribution in [0, 0.1) is 0 Å². The second kappa shape index (κ2) is 6.19. The van der Waals surface area contributed by atoms with E-state index in [0.717, 1.165) is 49.4 Å². The number of fused-ring (bicyclic) bond motifs is 3. The first-order valence-electron chi connectivity index (χ1n) is 7.96. The summed E-state index contributed by atoms with van der Waals surface area (Å²) in [6, 6.07) is 0. The van der Waals surface area contributed by atoms with E-state index in [4.69, 9.17) is 4.74 Å². The predicted molar refractivity (Wildman–Crippen MR) is 88.2 cm³/mol. The van der Waals surface area contributed by atoms with Crippen LogP contribution in [0.1, 0.15) is 19.3 Å². The van der Waals surface area contributed by atoms with Crippen LogP contribution in [-0.4, -0.2) is 45.5 Å². The molecule has 0 unspecified atom stereocenters. The quantitative estimate of drug-likeness (QED) is 0.745. The number of hydrogen-bond acceptors (Lipinski definition) is 5. The fraction of sp³-hybridized carbons (Fsp3) is 0.667. The summed E-state index contributed by atoms with van der Waals surface area (Å²) >= 11 is 0. The average Bonchev–Trinajstić information content (AvgIpc) is 2.82. The van der Waals surface area contributed by atoms with Crippen LogP contribution < -0.4 is 16.1 Å². The minimum atomic E-state index is -0.346. The van der Waals surface area contributed by atoms with E-state index in [1.165, 1.54) is 11.6 Å². The highest BCUT2D eigenvalue weighted by atomic mass is 16.5. The van der Waals surface area contributed by atoms with Crippen molar-refractivity contribution < 1.29 is 4.74 Å². The third kappa shape index (κ3) is 2.56. The van der Waals surface area contributed by atoms with E-state index in [1.54, 1.807) is 14.2 Å². The van der Waals surface area contributed by atoms with Gasteiger partial charge < -0.3 is 14.2 Å². The summed E-state index contributed by atoms with van der Waals surface area (Å²) < 4.78 is 9.70. The standard InChI is InChI=1S/C15H23N5O3/c1-17-12-11(13(21)18(2)15(17)22)20-9-5-4-7-19(14(20)16-12)8-6-10-23-3/h4-10H2,1-3H3. The maximum absolute atomic E-state index is 12.6. The van der Waals surface area contributed by atoms with Crippen molar-refractivity contribution in [1.82, 2.24) is 18.7 Å². The van der Waals surface area contributed by atoms with E-state index >= 15 is 0 Å². The SMILES string of the molecule is COCCCN1CCCCn2c1nc1c2c(=O)n(C)c(=O)n1C. The maximum atomic E-state index is 12.6. The fourth-order valence-corrected chi connectivity index (χ4v) is 3.17. The van der Waals surface area contributed by atoms with Gasteiger partial charge in [0, 0.05) is 47.4 Å². The van der Waals surface area contributed by atoms with Crippen LogP contribution in [0.3, 0.4) is 0 Å². The molecule has 0 aromatic carbocycles. The molecule has 0 radical (unpaired) electrons. The van der Waals surface area contributed by atoms with Gasteiger partial charge in [-0.3, -0.25) is 13.9 Å². The van der Waals surface area contributed by atoms with Crippen LogP contribution >= 0.6 is 0 Å². The molecule has 0 atom stereocenters. The number of imidazole rings is 1. The van der Waals surface area contributed by atoms with Gasteiger partial charge in [-0.25, -0.2) is 4.79 Å². The largest absolute Gasteiger partial charge is 0.385 e. The second-order valence-electron chi connectivity index (χ2n) is 5.98. The first-order valence-corrected chi connectivity index (χ1v) is 7.96. The highest BCUT2D eigenvalue weighted by Gasteiger charge is 2.24. The normalized spacial score (nSPS) is 15.0. The molecule has 23 heavy (non-hydrogen) atoms.